The van der Waals surface area contributed by atoms with E-state index in [-0.39, 0.29) is 0 Å². The maximum atomic E-state index is 12.2. The van der Waals surface area contributed by atoms with Crippen molar-refractivity contribution in [1.82, 2.24) is 24.9 Å². The Labute approximate surface area is 120 Å². The molecule has 2 aromatic heterocycles. The maximum absolute atomic E-state index is 12.2. The van der Waals surface area contributed by atoms with Gasteiger partial charge in [0.05, 0.1) is 12.4 Å². The summed E-state index contributed by atoms with van der Waals surface area (Å²) in [6, 6.07) is 0. The van der Waals surface area contributed by atoms with E-state index in [2.05, 4.69) is 22.4 Å². The molecular weight excluding hydrogens is 283 g/mol. The Balaban J connectivity index is 1.78. The molecule has 0 aliphatic rings. The normalized spacial score (nSPS) is 12.0. The van der Waals surface area contributed by atoms with Crippen LogP contribution in [0.15, 0.2) is 24.8 Å². The van der Waals surface area contributed by atoms with Gasteiger partial charge in [-0.1, -0.05) is 6.92 Å². The number of hydrogen-bond acceptors (Lipinski definition) is 3. The molecule has 8 heteroatoms. The summed E-state index contributed by atoms with van der Waals surface area (Å²) in [6.45, 7) is 2.99. The number of nitrogens with one attached hydrogen (secondary N) is 1. The highest BCUT2D eigenvalue weighted by Crippen LogP contribution is 2.17. The Morgan fingerprint density at radius 2 is 1.62 bits per heavy atom. The molecule has 0 spiro atoms. The van der Waals surface area contributed by atoms with Gasteiger partial charge in [0.1, 0.15) is 6.54 Å². The highest BCUT2D eigenvalue weighted by Gasteiger charge is 2.28. The smallest absolute Gasteiger partial charge is 0.308 e. The number of halogens is 3. The topological polar surface area (TPSA) is 47.7 Å². The van der Waals surface area contributed by atoms with Crippen molar-refractivity contribution in [2.24, 2.45) is 0 Å². The van der Waals surface area contributed by atoms with Crippen molar-refractivity contribution in [3.63, 3.8) is 0 Å². The molecule has 2 rings (SSSR count). The average Bonchev–Trinajstić information content (AvgIpc) is 2.98. The molecule has 0 atom stereocenters. The maximum Gasteiger partial charge on any atom is 0.408 e. The van der Waals surface area contributed by atoms with Crippen LogP contribution in [0, 0.1) is 0 Å². The Kier molecular flexibility index (Phi) is 5.00. The van der Waals surface area contributed by atoms with E-state index in [1.165, 1.54) is 12.4 Å². The van der Waals surface area contributed by atoms with Crippen LogP contribution in [0.2, 0.25) is 0 Å². The van der Waals surface area contributed by atoms with E-state index in [4.69, 9.17) is 0 Å². The third-order valence-electron chi connectivity index (χ3n) is 2.83. The number of aryl methyl sites for hydroxylation is 1. The molecule has 0 bridgehead atoms. The third-order valence-corrected chi connectivity index (χ3v) is 2.83. The Bertz CT molecular complexity index is 558. The van der Waals surface area contributed by atoms with Crippen molar-refractivity contribution < 1.29 is 13.2 Å². The zero-order valence-corrected chi connectivity index (χ0v) is 11.8. The zero-order chi connectivity index (χ0) is 15.3. The van der Waals surface area contributed by atoms with Crippen LogP contribution in [-0.4, -0.2) is 25.7 Å². The quantitative estimate of drug-likeness (QED) is 0.854. The molecule has 0 amide bonds. The molecule has 1 N–H and O–H groups in total. The number of alkyl halides is 3. The van der Waals surface area contributed by atoms with Crippen LogP contribution >= 0.6 is 0 Å². The monoisotopic (exact) mass is 301 g/mol. The molecule has 0 aromatic carbocycles. The van der Waals surface area contributed by atoms with Crippen molar-refractivity contribution in [1.29, 1.82) is 0 Å². The number of aromatic nitrogens is 4. The third kappa shape index (κ3) is 5.22. The minimum absolute atomic E-state index is 0.469. The van der Waals surface area contributed by atoms with Gasteiger partial charge in [-0.05, 0) is 6.42 Å². The minimum Gasteiger partial charge on any atom is -0.308 e. The van der Waals surface area contributed by atoms with Crippen molar-refractivity contribution in [2.45, 2.75) is 45.7 Å². The Morgan fingerprint density at radius 1 is 1.05 bits per heavy atom. The summed E-state index contributed by atoms with van der Waals surface area (Å²) < 4.78 is 39.4. The standard InChI is InChI=1S/C13H18F3N5/c1-2-3-20-8-11(6-18-20)4-17-5-12-7-19-21(9-12)10-13(14,15)16/h6-9,17H,2-5,10H2,1H3. The summed E-state index contributed by atoms with van der Waals surface area (Å²) in [5.41, 5.74) is 1.77. The first-order chi connectivity index (χ1) is 9.96. The summed E-state index contributed by atoms with van der Waals surface area (Å²) in [4.78, 5) is 0. The summed E-state index contributed by atoms with van der Waals surface area (Å²) in [6.07, 6.45) is 3.37. The number of nitrogens with zero attached hydrogens (tertiary/aromatic N) is 4. The van der Waals surface area contributed by atoms with Crippen LogP contribution in [0.25, 0.3) is 0 Å². The van der Waals surface area contributed by atoms with Crippen LogP contribution in [0.4, 0.5) is 13.2 Å². The fourth-order valence-electron chi connectivity index (χ4n) is 1.97. The molecule has 0 saturated carbocycles. The van der Waals surface area contributed by atoms with Gasteiger partial charge >= 0.3 is 6.18 Å². The molecule has 5 nitrogen and oxygen atoms in total. The minimum atomic E-state index is -4.25. The summed E-state index contributed by atoms with van der Waals surface area (Å²) >= 11 is 0. The second-order valence-electron chi connectivity index (χ2n) is 4.88. The molecule has 0 unspecified atom stereocenters. The molecule has 0 aliphatic heterocycles. The SMILES string of the molecule is CCCn1cc(CNCc2cnn(CC(F)(F)F)c2)cn1. The zero-order valence-electron chi connectivity index (χ0n) is 11.8. The van der Waals surface area contributed by atoms with Gasteiger partial charge in [0.2, 0.25) is 0 Å². The number of hydrogen-bond donors (Lipinski definition) is 1. The number of rotatable bonds is 7. The lowest BCUT2D eigenvalue weighted by molar-refractivity contribution is -0.142. The molecule has 0 aliphatic carbocycles. The Hall–Kier alpha value is -1.83. The molecule has 2 aromatic rings. The molecule has 0 radical (unpaired) electrons. The molecular formula is C13H18F3N5. The Morgan fingerprint density at radius 3 is 2.19 bits per heavy atom. The fraction of sp³-hybridized carbons (Fsp3) is 0.538. The summed E-state index contributed by atoms with van der Waals surface area (Å²) in [5.74, 6) is 0. The fourth-order valence-corrected chi connectivity index (χ4v) is 1.97. The van der Waals surface area contributed by atoms with E-state index in [1.807, 2.05) is 10.9 Å². The van der Waals surface area contributed by atoms with Gasteiger partial charge in [-0.3, -0.25) is 9.36 Å². The van der Waals surface area contributed by atoms with E-state index in [1.54, 1.807) is 6.20 Å². The van der Waals surface area contributed by atoms with Crippen molar-refractivity contribution >= 4 is 0 Å². The van der Waals surface area contributed by atoms with E-state index in [0.29, 0.717) is 13.1 Å². The van der Waals surface area contributed by atoms with E-state index in [9.17, 15) is 13.2 Å². The molecule has 116 valence electrons. The van der Waals surface area contributed by atoms with Crippen LogP contribution in [-0.2, 0) is 26.2 Å². The van der Waals surface area contributed by atoms with Crippen molar-refractivity contribution in [3.8, 4) is 0 Å². The largest absolute Gasteiger partial charge is 0.408 e. The summed E-state index contributed by atoms with van der Waals surface area (Å²) in [7, 11) is 0. The second kappa shape index (κ2) is 6.75. The van der Waals surface area contributed by atoms with Gasteiger partial charge < -0.3 is 5.32 Å². The lowest BCUT2D eigenvalue weighted by Crippen LogP contribution is -2.18. The van der Waals surface area contributed by atoms with Gasteiger partial charge in [-0.25, -0.2) is 0 Å². The van der Waals surface area contributed by atoms with E-state index in [0.717, 1.165) is 28.8 Å². The molecule has 21 heavy (non-hydrogen) atoms. The highest BCUT2D eigenvalue weighted by molar-refractivity contribution is 5.06. The second-order valence-corrected chi connectivity index (χ2v) is 4.88. The molecule has 0 saturated heterocycles. The first-order valence-electron chi connectivity index (χ1n) is 6.76. The van der Waals surface area contributed by atoms with E-state index >= 15 is 0 Å². The summed E-state index contributed by atoms with van der Waals surface area (Å²) in [5, 5.41) is 11.1. The van der Waals surface area contributed by atoms with Gasteiger partial charge in [-0.2, -0.15) is 23.4 Å². The molecule has 0 fully saturated rings. The predicted molar refractivity (Wildman–Crippen MR) is 71.3 cm³/mol. The van der Waals surface area contributed by atoms with E-state index < -0.39 is 12.7 Å². The van der Waals surface area contributed by atoms with Gasteiger partial charge in [0, 0.05) is 43.2 Å². The molecule has 2 heterocycles. The lowest BCUT2D eigenvalue weighted by Gasteiger charge is -2.05. The van der Waals surface area contributed by atoms with Gasteiger partial charge in [-0.15, -0.1) is 0 Å². The van der Waals surface area contributed by atoms with Crippen LogP contribution < -0.4 is 5.32 Å². The van der Waals surface area contributed by atoms with Gasteiger partial charge in [0.25, 0.3) is 0 Å². The highest BCUT2D eigenvalue weighted by atomic mass is 19.4. The van der Waals surface area contributed by atoms with Crippen LogP contribution in [0.3, 0.4) is 0 Å². The first-order valence-corrected chi connectivity index (χ1v) is 6.76. The lowest BCUT2D eigenvalue weighted by atomic mass is 10.3. The van der Waals surface area contributed by atoms with Gasteiger partial charge in [0.15, 0.2) is 0 Å². The van der Waals surface area contributed by atoms with Crippen molar-refractivity contribution in [3.05, 3.63) is 35.9 Å². The first kappa shape index (κ1) is 15.6. The van der Waals surface area contributed by atoms with Crippen LogP contribution in [0.1, 0.15) is 24.5 Å². The average molecular weight is 301 g/mol. The van der Waals surface area contributed by atoms with Crippen molar-refractivity contribution in [2.75, 3.05) is 0 Å². The predicted octanol–water partition coefficient (Wildman–Crippen LogP) is 2.34. The van der Waals surface area contributed by atoms with Crippen LogP contribution in [0.5, 0.6) is 0 Å².